The van der Waals surface area contributed by atoms with Crippen molar-refractivity contribution < 1.29 is 14.3 Å². The van der Waals surface area contributed by atoms with Crippen molar-refractivity contribution in [1.82, 2.24) is 9.88 Å². The van der Waals surface area contributed by atoms with Gasteiger partial charge in [-0.25, -0.2) is 4.79 Å². The quantitative estimate of drug-likeness (QED) is 0.511. The maximum Gasteiger partial charge on any atom is 0.328 e. The van der Waals surface area contributed by atoms with Crippen LogP contribution in [-0.2, 0) is 11.2 Å². The molecule has 162 valence electrons. The summed E-state index contributed by atoms with van der Waals surface area (Å²) in [5.41, 5.74) is 5.41. The van der Waals surface area contributed by atoms with Gasteiger partial charge >= 0.3 is 5.97 Å². The normalized spacial score (nSPS) is 19.5. The van der Waals surface area contributed by atoms with Gasteiger partial charge in [0.2, 0.25) is 0 Å². The van der Waals surface area contributed by atoms with Gasteiger partial charge in [-0.3, -0.25) is 9.29 Å². The third kappa shape index (κ3) is 4.15. The lowest BCUT2D eigenvalue weighted by Gasteiger charge is -2.48. The van der Waals surface area contributed by atoms with Crippen molar-refractivity contribution in [2.75, 3.05) is 13.2 Å². The number of benzene rings is 2. The second kappa shape index (κ2) is 8.31. The lowest BCUT2D eigenvalue weighted by Crippen LogP contribution is -2.53. The minimum atomic E-state index is -0.966. The van der Waals surface area contributed by atoms with Crippen molar-refractivity contribution in [3.63, 3.8) is 0 Å². The first-order valence-corrected chi connectivity index (χ1v) is 10.7. The Balaban J connectivity index is 1.83. The number of hydrogen-bond donors (Lipinski definition) is 2. The number of H-pyrrole nitrogens is 1. The molecule has 0 saturated carbocycles. The summed E-state index contributed by atoms with van der Waals surface area (Å²) in [4.78, 5) is 16.9. The maximum atomic E-state index is 13.5. The summed E-state index contributed by atoms with van der Waals surface area (Å²) < 4.78 is 13.5. The summed E-state index contributed by atoms with van der Waals surface area (Å²) in [6.07, 6.45) is 3.62. The Morgan fingerprint density at radius 3 is 2.65 bits per heavy atom. The molecule has 1 aliphatic rings. The zero-order valence-corrected chi connectivity index (χ0v) is 18.2. The average Bonchev–Trinajstić information content (AvgIpc) is 3.10. The molecule has 1 aliphatic heterocycles. The molecule has 5 heteroatoms. The third-order valence-corrected chi connectivity index (χ3v) is 6.26. The number of rotatable bonds is 6. The molecule has 1 aromatic heterocycles. The van der Waals surface area contributed by atoms with Crippen LogP contribution in [0.1, 0.15) is 49.2 Å². The van der Waals surface area contributed by atoms with Crippen LogP contribution in [0.3, 0.4) is 0 Å². The van der Waals surface area contributed by atoms with Gasteiger partial charge in [0.1, 0.15) is 0 Å². The highest BCUT2D eigenvalue weighted by Crippen LogP contribution is 2.45. The first-order valence-electron chi connectivity index (χ1n) is 10.7. The number of nitrogens with one attached hydrogen (secondary N) is 1. The van der Waals surface area contributed by atoms with Crippen molar-refractivity contribution in [3.05, 3.63) is 77.0 Å². The van der Waals surface area contributed by atoms with Crippen molar-refractivity contribution in [2.45, 2.75) is 38.8 Å². The zero-order valence-electron chi connectivity index (χ0n) is 18.2. The van der Waals surface area contributed by atoms with Crippen LogP contribution in [0.2, 0.25) is 0 Å². The van der Waals surface area contributed by atoms with Gasteiger partial charge in [-0.2, -0.15) is 0 Å². The molecule has 2 aromatic carbocycles. The number of aromatic nitrogens is 1. The fourth-order valence-corrected chi connectivity index (χ4v) is 4.72. The van der Waals surface area contributed by atoms with E-state index in [2.05, 4.69) is 54.1 Å². The van der Waals surface area contributed by atoms with E-state index in [1.165, 1.54) is 16.6 Å². The number of halogens is 1. The van der Waals surface area contributed by atoms with Crippen LogP contribution in [0.4, 0.5) is 4.39 Å². The lowest BCUT2D eigenvalue weighted by atomic mass is 9.80. The molecule has 0 aliphatic carbocycles. The van der Waals surface area contributed by atoms with Crippen LogP contribution in [0.15, 0.2) is 54.6 Å². The fourth-order valence-electron chi connectivity index (χ4n) is 4.72. The SMILES string of the molecule is CC(CF)CN1C(c2ccc(C=CC(=O)O)cc2)c2[nH]c3ccccc3c2CC1(C)C. The van der Waals surface area contributed by atoms with Gasteiger partial charge < -0.3 is 10.1 Å². The Kier molecular flexibility index (Phi) is 5.71. The molecule has 4 rings (SSSR count). The zero-order chi connectivity index (χ0) is 22.2. The molecule has 0 fully saturated rings. The van der Waals surface area contributed by atoms with E-state index in [4.69, 9.17) is 5.11 Å². The number of para-hydroxylation sites is 1. The number of carbonyl (C=O) groups is 1. The summed E-state index contributed by atoms with van der Waals surface area (Å²) >= 11 is 0. The molecule has 2 atom stereocenters. The Bertz CT molecular complexity index is 1110. The van der Waals surface area contributed by atoms with Gasteiger partial charge in [-0.05, 0) is 55.0 Å². The van der Waals surface area contributed by atoms with Gasteiger partial charge in [-0.15, -0.1) is 0 Å². The Hall–Kier alpha value is -2.92. The molecule has 31 heavy (non-hydrogen) atoms. The first kappa shape index (κ1) is 21.3. The molecule has 2 N–H and O–H groups in total. The van der Waals surface area contributed by atoms with E-state index in [0.29, 0.717) is 6.54 Å². The highest BCUT2D eigenvalue weighted by atomic mass is 19.1. The summed E-state index contributed by atoms with van der Waals surface area (Å²) in [7, 11) is 0. The van der Waals surface area contributed by atoms with E-state index in [-0.39, 0.29) is 24.2 Å². The Morgan fingerprint density at radius 1 is 1.26 bits per heavy atom. The largest absolute Gasteiger partial charge is 0.478 e. The minimum Gasteiger partial charge on any atom is -0.478 e. The molecule has 2 heterocycles. The number of hydrogen-bond acceptors (Lipinski definition) is 2. The molecular weight excluding hydrogens is 391 g/mol. The number of carboxylic acids is 1. The number of aromatic amines is 1. The van der Waals surface area contributed by atoms with Gasteiger partial charge in [0, 0.05) is 34.8 Å². The number of alkyl halides is 1. The maximum absolute atomic E-state index is 13.5. The molecule has 2 unspecified atom stereocenters. The molecule has 0 bridgehead atoms. The predicted octanol–water partition coefficient (Wildman–Crippen LogP) is 5.60. The van der Waals surface area contributed by atoms with Gasteiger partial charge in [0.05, 0.1) is 12.7 Å². The topological polar surface area (TPSA) is 56.3 Å². The Labute approximate surface area is 182 Å². The summed E-state index contributed by atoms with van der Waals surface area (Å²) in [5, 5.41) is 10.1. The second-order valence-electron chi connectivity index (χ2n) is 9.20. The number of fused-ring (bicyclic) bond motifs is 3. The van der Waals surface area contributed by atoms with Crippen LogP contribution in [-0.4, -0.2) is 39.7 Å². The van der Waals surface area contributed by atoms with Crippen LogP contribution >= 0.6 is 0 Å². The third-order valence-electron chi connectivity index (χ3n) is 6.26. The summed E-state index contributed by atoms with van der Waals surface area (Å²) in [6, 6.07) is 16.3. The number of aliphatic carboxylic acids is 1. The first-order chi connectivity index (χ1) is 14.8. The summed E-state index contributed by atoms with van der Waals surface area (Å²) in [6.45, 7) is 6.73. The van der Waals surface area contributed by atoms with Crippen LogP contribution < -0.4 is 0 Å². The van der Waals surface area contributed by atoms with Gasteiger partial charge in [0.15, 0.2) is 0 Å². The Morgan fingerprint density at radius 2 is 1.97 bits per heavy atom. The van der Waals surface area contributed by atoms with Crippen LogP contribution in [0.5, 0.6) is 0 Å². The standard InChI is InChI=1S/C26H29FN2O2/c1-17(15-27)16-29-25(19-11-8-18(9-12-19)10-13-23(30)31)24-21(14-26(29,2)3)20-6-4-5-7-22(20)28-24/h4-13,17,25,28H,14-16H2,1-3H3,(H,30,31). The second-order valence-corrected chi connectivity index (χ2v) is 9.20. The smallest absolute Gasteiger partial charge is 0.328 e. The molecule has 0 amide bonds. The van der Waals surface area contributed by atoms with Crippen molar-refractivity contribution in [1.29, 1.82) is 0 Å². The molecule has 0 radical (unpaired) electrons. The van der Waals surface area contributed by atoms with Gasteiger partial charge in [0.25, 0.3) is 0 Å². The highest BCUT2D eigenvalue weighted by molar-refractivity contribution is 5.86. The van der Waals surface area contributed by atoms with Gasteiger partial charge in [-0.1, -0.05) is 49.4 Å². The predicted molar refractivity (Wildman–Crippen MR) is 123 cm³/mol. The van der Waals surface area contributed by atoms with Crippen LogP contribution in [0.25, 0.3) is 17.0 Å². The van der Waals surface area contributed by atoms with E-state index < -0.39 is 5.97 Å². The van der Waals surface area contributed by atoms with E-state index >= 15 is 0 Å². The molecule has 0 saturated heterocycles. The highest BCUT2D eigenvalue weighted by Gasteiger charge is 2.42. The van der Waals surface area contributed by atoms with E-state index in [1.54, 1.807) is 6.08 Å². The minimum absolute atomic E-state index is 0.0300. The summed E-state index contributed by atoms with van der Waals surface area (Å²) in [5.74, 6) is -1.03. The molecular formula is C26H29FN2O2. The van der Waals surface area contributed by atoms with Crippen molar-refractivity contribution in [3.8, 4) is 0 Å². The van der Waals surface area contributed by atoms with E-state index in [1.807, 2.05) is 25.1 Å². The average molecular weight is 421 g/mol. The number of nitrogens with zero attached hydrogens (tertiary/aromatic N) is 1. The molecule has 4 nitrogen and oxygen atoms in total. The fraction of sp³-hybridized carbons (Fsp3) is 0.346. The van der Waals surface area contributed by atoms with E-state index in [9.17, 15) is 9.18 Å². The molecule has 0 spiro atoms. The van der Waals surface area contributed by atoms with Crippen LogP contribution in [0, 0.1) is 5.92 Å². The van der Waals surface area contributed by atoms with Crippen molar-refractivity contribution in [2.24, 2.45) is 5.92 Å². The number of carboxylic acid groups (broad SMARTS) is 1. The van der Waals surface area contributed by atoms with Crippen molar-refractivity contribution >= 4 is 22.9 Å². The lowest BCUT2D eigenvalue weighted by molar-refractivity contribution is -0.131. The monoisotopic (exact) mass is 420 g/mol. The van der Waals surface area contributed by atoms with E-state index in [0.717, 1.165) is 29.1 Å². The molecule has 3 aromatic rings.